The van der Waals surface area contributed by atoms with Crippen LogP contribution in [0.2, 0.25) is 0 Å². The molecule has 1 aromatic carbocycles. The highest BCUT2D eigenvalue weighted by atomic mass is 16.2. The molecule has 1 aromatic heterocycles. The zero-order chi connectivity index (χ0) is 22.5. The number of carbonyl (C=O) groups is 1. The summed E-state index contributed by atoms with van der Waals surface area (Å²) in [5.41, 5.74) is 2.27. The van der Waals surface area contributed by atoms with Crippen LogP contribution in [0.1, 0.15) is 67.9 Å². The molecule has 0 unspecified atom stereocenters. The fourth-order valence-corrected chi connectivity index (χ4v) is 5.09. The van der Waals surface area contributed by atoms with Gasteiger partial charge < -0.3 is 4.90 Å². The largest absolute Gasteiger partial charge is 0.344 e. The fourth-order valence-electron chi connectivity index (χ4n) is 5.09. The van der Waals surface area contributed by atoms with Gasteiger partial charge in [-0.2, -0.15) is 0 Å². The summed E-state index contributed by atoms with van der Waals surface area (Å²) in [7, 11) is 1.90. The lowest BCUT2D eigenvalue weighted by Gasteiger charge is -2.33. The van der Waals surface area contributed by atoms with Crippen LogP contribution in [0, 0.1) is 0 Å². The van der Waals surface area contributed by atoms with Crippen molar-refractivity contribution < 1.29 is 4.79 Å². The number of likely N-dealkylation sites (tertiary alicyclic amines) is 1. The summed E-state index contributed by atoms with van der Waals surface area (Å²) >= 11 is 0. The van der Waals surface area contributed by atoms with Crippen LogP contribution >= 0.6 is 0 Å². The molecular weight excluding hydrogens is 400 g/mol. The topological polar surface area (TPSA) is 58.4 Å². The van der Waals surface area contributed by atoms with Crippen LogP contribution in [-0.4, -0.2) is 58.5 Å². The highest BCUT2D eigenvalue weighted by molar-refractivity contribution is 5.78. The highest BCUT2D eigenvalue weighted by Gasteiger charge is 2.26. The molecule has 1 amide bonds. The third kappa shape index (κ3) is 5.47. The van der Waals surface area contributed by atoms with Gasteiger partial charge >= 0.3 is 0 Å². The van der Waals surface area contributed by atoms with E-state index in [1.807, 2.05) is 34.7 Å². The van der Waals surface area contributed by atoms with Crippen LogP contribution in [0.5, 0.6) is 0 Å². The second kappa shape index (κ2) is 10.4. The number of carbonyl (C=O) groups excluding carboxylic acids is 1. The molecule has 0 radical (unpaired) electrons. The molecule has 2 aliphatic heterocycles. The number of nitrogens with zero attached hydrogens (tertiary/aromatic N) is 4. The van der Waals surface area contributed by atoms with E-state index in [9.17, 15) is 9.59 Å². The molecule has 32 heavy (non-hydrogen) atoms. The van der Waals surface area contributed by atoms with Gasteiger partial charge in [0.2, 0.25) is 5.91 Å². The molecule has 6 heteroatoms. The lowest BCUT2D eigenvalue weighted by molar-refractivity contribution is -0.131. The van der Waals surface area contributed by atoms with E-state index in [-0.39, 0.29) is 17.4 Å². The Kier molecular flexibility index (Phi) is 7.40. The summed E-state index contributed by atoms with van der Waals surface area (Å²) in [5, 5.41) is 0. The quantitative estimate of drug-likeness (QED) is 0.696. The standard InChI is InChI=1S/C26H36N4O2/c1-20(21-10-5-3-6-11-21)17-28(2)26(32)19-29-14-9-12-22(18-29)23-16-25(31)30-15-8-4-7-13-24(30)27-23/h3,5-6,10-11,16,20,22H,4,7-9,12-15,17-19H2,1-2H3/t20-,22+/m0/s1. The van der Waals surface area contributed by atoms with Crippen molar-refractivity contribution in [3.8, 4) is 0 Å². The summed E-state index contributed by atoms with van der Waals surface area (Å²) < 4.78 is 1.86. The molecule has 172 valence electrons. The zero-order valence-electron chi connectivity index (χ0n) is 19.5. The summed E-state index contributed by atoms with van der Waals surface area (Å²) in [6.45, 7) is 5.82. The lowest BCUT2D eigenvalue weighted by atomic mass is 9.94. The van der Waals surface area contributed by atoms with Crippen molar-refractivity contribution in [1.82, 2.24) is 19.4 Å². The van der Waals surface area contributed by atoms with E-state index in [2.05, 4.69) is 24.0 Å². The molecule has 0 N–H and O–H groups in total. The van der Waals surface area contributed by atoms with Crippen molar-refractivity contribution in [3.63, 3.8) is 0 Å². The average Bonchev–Trinajstić information content (AvgIpc) is 3.06. The summed E-state index contributed by atoms with van der Waals surface area (Å²) in [6, 6.07) is 12.1. The summed E-state index contributed by atoms with van der Waals surface area (Å²) in [5.74, 6) is 1.64. The van der Waals surface area contributed by atoms with Crippen LogP contribution in [-0.2, 0) is 17.8 Å². The second-order valence-corrected chi connectivity index (χ2v) is 9.56. The predicted octanol–water partition coefficient (Wildman–Crippen LogP) is 3.41. The van der Waals surface area contributed by atoms with Gasteiger partial charge in [-0.25, -0.2) is 4.98 Å². The molecule has 2 aromatic rings. The van der Waals surface area contributed by atoms with Gasteiger partial charge in [0.25, 0.3) is 5.56 Å². The minimum absolute atomic E-state index is 0.0923. The van der Waals surface area contributed by atoms with Gasteiger partial charge in [0.05, 0.1) is 12.2 Å². The molecule has 6 nitrogen and oxygen atoms in total. The maximum Gasteiger partial charge on any atom is 0.253 e. The number of hydrogen-bond donors (Lipinski definition) is 0. The molecule has 1 fully saturated rings. The Morgan fingerprint density at radius 3 is 2.78 bits per heavy atom. The number of benzene rings is 1. The predicted molar refractivity (Wildman–Crippen MR) is 127 cm³/mol. The van der Waals surface area contributed by atoms with Crippen molar-refractivity contribution in [2.45, 2.75) is 63.8 Å². The Labute approximate surface area is 191 Å². The number of piperidine rings is 1. The van der Waals surface area contributed by atoms with Gasteiger partial charge in [0.1, 0.15) is 5.82 Å². The minimum atomic E-state index is 0.0923. The number of likely N-dealkylation sites (N-methyl/N-ethyl adjacent to an activating group) is 1. The fraction of sp³-hybridized carbons (Fsp3) is 0.577. The maximum atomic E-state index is 12.9. The zero-order valence-corrected chi connectivity index (χ0v) is 19.5. The van der Waals surface area contributed by atoms with Crippen molar-refractivity contribution in [2.75, 3.05) is 33.2 Å². The Balaban J connectivity index is 1.37. The summed E-state index contributed by atoms with van der Waals surface area (Å²) in [4.78, 5) is 34.6. The number of amides is 1. The van der Waals surface area contributed by atoms with Crippen molar-refractivity contribution in [2.24, 2.45) is 0 Å². The first-order valence-corrected chi connectivity index (χ1v) is 12.1. The molecule has 0 bridgehead atoms. The first-order valence-electron chi connectivity index (χ1n) is 12.1. The molecule has 2 atom stereocenters. The van der Waals surface area contributed by atoms with Gasteiger partial charge in [-0.05, 0) is 43.7 Å². The Hall–Kier alpha value is -2.47. The summed E-state index contributed by atoms with van der Waals surface area (Å²) in [6.07, 6.45) is 6.28. The van der Waals surface area contributed by atoms with Crippen molar-refractivity contribution in [1.29, 1.82) is 0 Å². The molecular formula is C26H36N4O2. The van der Waals surface area contributed by atoms with Gasteiger partial charge in [0, 0.05) is 45.1 Å². The number of aryl methyl sites for hydroxylation is 1. The third-order valence-corrected chi connectivity index (χ3v) is 7.01. The normalized spacial score (nSPS) is 20.2. The molecule has 4 rings (SSSR count). The smallest absolute Gasteiger partial charge is 0.253 e. The van der Waals surface area contributed by atoms with Gasteiger partial charge in [-0.15, -0.1) is 0 Å². The Morgan fingerprint density at radius 2 is 1.97 bits per heavy atom. The van der Waals surface area contributed by atoms with Crippen LogP contribution < -0.4 is 5.56 Å². The number of fused-ring (bicyclic) bond motifs is 1. The van der Waals surface area contributed by atoms with Gasteiger partial charge in [-0.3, -0.25) is 19.1 Å². The maximum absolute atomic E-state index is 12.9. The van der Waals surface area contributed by atoms with Crippen molar-refractivity contribution in [3.05, 3.63) is 63.8 Å². The Bertz CT molecular complexity index is 972. The van der Waals surface area contributed by atoms with E-state index in [0.717, 1.165) is 69.7 Å². The molecule has 3 heterocycles. The van der Waals surface area contributed by atoms with E-state index in [1.54, 1.807) is 6.07 Å². The molecule has 1 saturated heterocycles. The number of aromatic nitrogens is 2. The van der Waals surface area contributed by atoms with Gasteiger partial charge in [0.15, 0.2) is 0 Å². The Morgan fingerprint density at radius 1 is 1.16 bits per heavy atom. The SMILES string of the molecule is C[C@@H](CN(C)C(=O)CN1CCC[C@@H](c2cc(=O)n3c(n2)CCCCC3)C1)c1ccccc1. The molecule has 0 saturated carbocycles. The van der Waals surface area contributed by atoms with Gasteiger partial charge in [-0.1, -0.05) is 43.7 Å². The van der Waals surface area contributed by atoms with E-state index in [4.69, 9.17) is 4.98 Å². The molecule has 0 spiro atoms. The monoisotopic (exact) mass is 436 g/mol. The first-order chi connectivity index (χ1) is 15.5. The van der Waals surface area contributed by atoms with E-state index >= 15 is 0 Å². The number of rotatable bonds is 6. The second-order valence-electron chi connectivity index (χ2n) is 9.56. The van der Waals surface area contributed by atoms with Crippen LogP contribution in [0.3, 0.4) is 0 Å². The van der Waals surface area contributed by atoms with E-state index in [1.165, 1.54) is 5.56 Å². The van der Waals surface area contributed by atoms with Crippen LogP contribution in [0.4, 0.5) is 0 Å². The first kappa shape index (κ1) is 22.7. The molecule has 2 aliphatic rings. The lowest BCUT2D eigenvalue weighted by Crippen LogP contribution is -2.43. The van der Waals surface area contributed by atoms with E-state index in [0.29, 0.717) is 19.0 Å². The van der Waals surface area contributed by atoms with E-state index < -0.39 is 0 Å². The highest BCUT2D eigenvalue weighted by Crippen LogP contribution is 2.26. The third-order valence-electron chi connectivity index (χ3n) is 7.01. The average molecular weight is 437 g/mol. The van der Waals surface area contributed by atoms with Crippen molar-refractivity contribution >= 4 is 5.91 Å². The van der Waals surface area contributed by atoms with Crippen LogP contribution in [0.25, 0.3) is 0 Å². The molecule has 0 aliphatic carbocycles. The number of hydrogen-bond acceptors (Lipinski definition) is 4. The van der Waals surface area contributed by atoms with Crippen LogP contribution in [0.15, 0.2) is 41.2 Å². The minimum Gasteiger partial charge on any atom is -0.344 e.